The Kier molecular flexibility index (Phi) is 1.67. The SMILES string of the molecule is CC(C)N1CCCC2(CC2)C1=O. The average Bonchev–Trinajstić information content (AvgIpc) is 2.76. The zero-order valence-electron chi connectivity index (χ0n) is 7.97. The van der Waals surface area contributed by atoms with Gasteiger partial charge in [0.25, 0.3) is 0 Å². The summed E-state index contributed by atoms with van der Waals surface area (Å²) in [5, 5.41) is 0. The highest BCUT2D eigenvalue weighted by molar-refractivity contribution is 5.86. The molecule has 1 saturated heterocycles. The molecule has 0 radical (unpaired) electrons. The van der Waals surface area contributed by atoms with Gasteiger partial charge in [0.2, 0.25) is 5.91 Å². The molecule has 12 heavy (non-hydrogen) atoms. The van der Waals surface area contributed by atoms with E-state index in [4.69, 9.17) is 0 Å². The van der Waals surface area contributed by atoms with Gasteiger partial charge >= 0.3 is 0 Å². The molecule has 0 aromatic carbocycles. The summed E-state index contributed by atoms with van der Waals surface area (Å²) < 4.78 is 0. The van der Waals surface area contributed by atoms with Gasteiger partial charge in [0.1, 0.15) is 0 Å². The molecular weight excluding hydrogens is 150 g/mol. The van der Waals surface area contributed by atoms with Crippen LogP contribution in [0.4, 0.5) is 0 Å². The zero-order valence-corrected chi connectivity index (χ0v) is 7.97. The molecule has 1 heterocycles. The van der Waals surface area contributed by atoms with Gasteiger partial charge in [-0.15, -0.1) is 0 Å². The molecule has 68 valence electrons. The molecule has 1 saturated carbocycles. The molecule has 1 aliphatic carbocycles. The van der Waals surface area contributed by atoms with E-state index >= 15 is 0 Å². The number of piperidine rings is 1. The largest absolute Gasteiger partial charge is 0.340 e. The van der Waals surface area contributed by atoms with E-state index in [9.17, 15) is 4.79 Å². The number of hydrogen-bond acceptors (Lipinski definition) is 1. The van der Waals surface area contributed by atoms with E-state index in [2.05, 4.69) is 18.7 Å². The van der Waals surface area contributed by atoms with Crippen LogP contribution in [0.5, 0.6) is 0 Å². The summed E-state index contributed by atoms with van der Waals surface area (Å²) in [5.41, 5.74) is 0.127. The molecule has 2 fully saturated rings. The van der Waals surface area contributed by atoms with Crippen molar-refractivity contribution in [2.45, 2.75) is 45.6 Å². The Morgan fingerprint density at radius 3 is 2.50 bits per heavy atom. The molecule has 2 rings (SSSR count). The molecule has 0 aromatic heterocycles. The van der Waals surface area contributed by atoms with Crippen LogP contribution in [0.2, 0.25) is 0 Å². The fraction of sp³-hybridized carbons (Fsp3) is 0.900. The van der Waals surface area contributed by atoms with Crippen molar-refractivity contribution in [3.63, 3.8) is 0 Å². The van der Waals surface area contributed by atoms with Crippen LogP contribution in [0.3, 0.4) is 0 Å². The quantitative estimate of drug-likeness (QED) is 0.583. The lowest BCUT2D eigenvalue weighted by atomic mass is 9.93. The van der Waals surface area contributed by atoms with Crippen molar-refractivity contribution in [1.29, 1.82) is 0 Å². The normalized spacial score (nSPS) is 26.9. The summed E-state index contributed by atoms with van der Waals surface area (Å²) in [5.74, 6) is 0.434. The molecule has 0 unspecified atom stereocenters. The number of amides is 1. The highest BCUT2D eigenvalue weighted by Crippen LogP contribution is 2.53. The Hall–Kier alpha value is -0.530. The third-order valence-corrected chi connectivity index (χ3v) is 3.25. The van der Waals surface area contributed by atoms with E-state index in [-0.39, 0.29) is 5.41 Å². The average molecular weight is 167 g/mol. The van der Waals surface area contributed by atoms with Crippen LogP contribution in [0.15, 0.2) is 0 Å². The Bertz CT molecular complexity index is 206. The number of rotatable bonds is 1. The standard InChI is InChI=1S/C10H17NO/c1-8(2)11-7-3-4-10(5-6-10)9(11)12/h8H,3-7H2,1-2H3. The lowest BCUT2D eigenvalue weighted by molar-refractivity contribution is -0.142. The highest BCUT2D eigenvalue weighted by Gasteiger charge is 2.53. The lowest BCUT2D eigenvalue weighted by Gasteiger charge is -2.35. The molecule has 2 aliphatic rings. The third kappa shape index (κ3) is 1.05. The predicted molar refractivity (Wildman–Crippen MR) is 47.8 cm³/mol. The summed E-state index contributed by atoms with van der Waals surface area (Å²) in [6.07, 6.45) is 4.66. The van der Waals surface area contributed by atoms with Crippen molar-refractivity contribution in [3.8, 4) is 0 Å². The number of carbonyl (C=O) groups is 1. The number of likely N-dealkylation sites (tertiary alicyclic amines) is 1. The minimum Gasteiger partial charge on any atom is -0.340 e. The summed E-state index contributed by atoms with van der Waals surface area (Å²) >= 11 is 0. The predicted octanol–water partition coefficient (Wildman–Crippen LogP) is 1.80. The second kappa shape index (κ2) is 2.48. The van der Waals surface area contributed by atoms with E-state index in [0.29, 0.717) is 11.9 Å². The van der Waals surface area contributed by atoms with Crippen molar-refractivity contribution >= 4 is 5.91 Å². The second-order valence-corrected chi connectivity index (χ2v) is 4.48. The Balaban J connectivity index is 2.11. The first-order valence-electron chi connectivity index (χ1n) is 4.97. The number of hydrogen-bond donors (Lipinski definition) is 0. The Morgan fingerprint density at radius 1 is 1.33 bits per heavy atom. The molecule has 0 N–H and O–H groups in total. The van der Waals surface area contributed by atoms with Crippen LogP contribution in [0.1, 0.15) is 39.5 Å². The topological polar surface area (TPSA) is 20.3 Å². The van der Waals surface area contributed by atoms with E-state index in [0.717, 1.165) is 25.8 Å². The van der Waals surface area contributed by atoms with Gasteiger partial charge < -0.3 is 4.90 Å². The van der Waals surface area contributed by atoms with Crippen LogP contribution < -0.4 is 0 Å². The summed E-state index contributed by atoms with van der Waals surface area (Å²) in [4.78, 5) is 13.9. The molecular formula is C10H17NO. The first kappa shape index (κ1) is 8.09. The van der Waals surface area contributed by atoms with Gasteiger partial charge in [-0.2, -0.15) is 0 Å². The van der Waals surface area contributed by atoms with Crippen LogP contribution in [0, 0.1) is 5.41 Å². The van der Waals surface area contributed by atoms with Gasteiger partial charge in [-0.05, 0) is 39.5 Å². The van der Waals surface area contributed by atoms with Gasteiger partial charge in [-0.3, -0.25) is 4.79 Å². The van der Waals surface area contributed by atoms with E-state index in [1.807, 2.05) is 0 Å². The molecule has 2 heteroatoms. The van der Waals surface area contributed by atoms with Crippen LogP contribution >= 0.6 is 0 Å². The smallest absolute Gasteiger partial charge is 0.229 e. The summed E-state index contributed by atoms with van der Waals surface area (Å²) in [6, 6.07) is 0.398. The van der Waals surface area contributed by atoms with E-state index in [1.165, 1.54) is 6.42 Å². The summed E-state index contributed by atoms with van der Waals surface area (Å²) in [6.45, 7) is 5.21. The molecule has 0 aromatic rings. The molecule has 1 spiro atoms. The van der Waals surface area contributed by atoms with Gasteiger partial charge in [-0.25, -0.2) is 0 Å². The minimum atomic E-state index is 0.127. The molecule has 0 bridgehead atoms. The number of nitrogens with zero attached hydrogens (tertiary/aromatic N) is 1. The van der Waals surface area contributed by atoms with E-state index in [1.54, 1.807) is 0 Å². The molecule has 1 amide bonds. The Morgan fingerprint density at radius 2 is 2.00 bits per heavy atom. The van der Waals surface area contributed by atoms with Crippen molar-refractivity contribution in [1.82, 2.24) is 4.90 Å². The van der Waals surface area contributed by atoms with Crippen LogP contribution in [-0.4, -0.2) is 23.4 Å². The first-order chi connectivity index (χ1) is 5.66. The fourth-order valence-corrected chi connectivity index (χ4v) is 2.21. The number of carbonyl (C=O) groups excluding carboxylic acids is 1. The molecule has 0 atom stereocenters. The lowest BCUT2D eigenvalue weighted by Crippen LogP contribution is -2.46. The van der Waals surface area contributed by atoms with Gasteiger partial charge in [0.05, 0.1) is 0 Å². The van der Waals surface area contributed by atoms with Crippen LogP contribution in [0.25, 0.3) is 0 Å². The van der Waals surface area contributed by atoms with E-state index < -0.39 is 0 Å². The first-order valence-corrected chi connectivity index (χ1v) is 4.97. The third-order valence-electron chi connectivity index (χ3n) is 3.25. The monoisotopic (exact) mass is 167 g/mol. The molecule has 1 aliphatic heterocycles. The van der Waals surface area contributed by atoms with Crippen molar-refractivity contribution in [3.05, 3.63) is 0 Å². The summed E-state index contributed by atoms with van der Waals surface area (Å²) in [7, 11) is 0. The maximum Gasteiger partial charge on any atom is 0.229 e. The molecule has 2 nitrogen and oxygen atoms in total. The maximum atomic E-state index is 11.9. The van der Waals surface area contributed by atoms with Gasteiger partial charge in [0.15, 0.2) is 0 Å². The highest BCUT2D eigenvalue weighted by atomic mass is 16.2. The van der Waals surface area contributed by atoms with Gasteiger partial charge in [-0.1, -0.05) is 0 Å². The van der Waals surface area contributed by atoms with Crippen molar-refractivity contribution in [2.24, 2.45) is 5.41 Å². The van der Waals surface area contributed by atoms with Crippen LogP contribution in [-0.2, 0) is 4.79 Å². The zero-order chi connectivity index (χ0) is 8.77. The van der Waals surface area contributed by atoms with Crippen molar-refractivity contribution in [2.75, 3.05) is 6.54 Å². The van der Waals surface area contributed by atoms with Crippen molar-refractivity contribution < 1.29 is 4.79 Å². The minimum absolute atomic E-state index is 0.127. The Labute approximate surface area is 73.9 Å². The fourth-order valence-electron chi connectivity index (χ4n) is 2.21. The van der Waals surface area contributed by atoms with Gasteiger partial charge in [0, 0.05) is 18.0 Å². The maximum absolute atomic E-state index is 11.9. The second-order valence-electron chi connectivity index (χ2n) is 4.48.